The van der Waals surface area contributed by atoms with Crippen LogP contribution in [0.15, 0.2) is 48.5 Å². The van der Waals surface area contributed by atoms with Crippen LogP contribution in [0.5, 0.6) is 0 Å². The van der Waals surface area contributed by atoms with Gasteiger partial charge in [-0.05, 0) is 18.6 Å². The van der Waals surface area contributed by atoms with E-state index in [0.717, 1.165) is 19.4 Å². The third-order valence-electron chi connectivity index (χ3n) is 3.72. The first-order valence-corrected chi connectivity index (χ1v) is 6.95. The predicted octanol–water partition coefficient (Wildman–Crippen LogP) is 3.56. The van der Waals surface area contributed by atoms with Crippen molar-refractivity contribution >= 4 is 27.7 Å². The number of rotatable bonds is 0. The van der Waals surface area contributed by atoms with Crippen LogP contribution in [0.2, 0.25) is 0 Å². The molecule has 3 heteroatoms. The van der Waals surface area contributed by atoms with Crippen molar-refractivity contribution in [2.75, 3.05) is 13.6 Å². The number of nitrogens with one attached hydrogen (secondary N) is 1. The molecule has 0 saturated carbocycles. The standard InChI is InChI=1S/C12H9N.C5H9NO/c1-3-7-11-9(5-1)10-6-2-4-8-12(10)13-11;1-6-4-2-3-5(6)7/h1-8,13H;2-4H2,1H3. The highest BCUT2D eigenvalue weighted by molar-refractivity contribution is 6.06. The van der Waals surface area contributed by atoms with E-state index >= 15 is 0 Å². The van der Waals surface area contributed by atoms with Crippen LogP contribution >= 0.6 is 0 Å². The average molecular weight is 266 g/mol. The highest BCUT2D eigenvalue weighted by Gasteiger charge is 2.14. The molecular formula is C17H18N2O. The second-order valence-corrected chi connectivity index (χ2v) is 5.14. The normalized spacial score (nSPS) is 14.7. The summed E-state index contributed by atoms with van der Waals surface area (Å²) in [6.45, 7) is 0.957. The van der Waals surface area contributed by atoms with E-state index in [1.54, 1.807) is 4.90 Å². The number of carbonyl (C=O) groups excluding carboxylic acids is 1. The maximum absolute atomic E-state index is 10.5. The minimum absolute atomic E-state index is 0.292. The van der Waals surface area contributed by atoms with Crippen molar-refractivity contribution < 1.29 is 4.79 Å². The van der Waals surface area contributed by atoms with Crippen molar-refractivity contribution in [2.45, 2.75) is 12.8 Å². The van der Waals surface area contributed by atoms with Gasteiger partial charge >= 0.3 is 0 Å². The van der Waals surface area contributed by atoms with E-state index in [-0.39, 0.29) is 0 Å². The second kappa shape index (κ2) is 5.37. The summed E-state index contributed by atoms with van der Waals surface area (Å²) < 4.78 is 0. The number of aromatic nitrogens is 1. The molecule has 102 valence electrons. The first-order valence-electron chi connectivity index (χ1n) is 6.95. The van der Waals surface area contributed by atoms with Crippen LogP contribution in [-0.2, 0) is 4.79 Å². The minimum Gasteiger partial charge on any atom is -0.355 e. The Morgan fingerprint density at radius 1 is 0.950 bits per heavy atom. The Bertz CT molecular complexity index is 694. The molecule has 20 heavy (non-hydrogen) atoms. The van der Waals surface area contributed by atoms with Gasteiger partial charge in [0.15, 0.2) is 0 Å². The van der Waals surface area contributed by atoms with E-state index < -0.39 is 0 Å². The lowest BCUT2D eigenvalue weighted by molar-refractivity contribution is -0.126. The number of amides is 1. The third kappa shape index (κ3) is 2.39. The predicted molar refractivity (Wildman–Crippen MR) is 82.7 cm³/mol. The Morgan fingerprint density at radius 2 is 1.50 bits per heavy atom. The van der Waals surface area contributed by atoms with Crippen molar-refractivity contribution in [1.29, 1.82) is 0 Å². The lowest BCUT2D eigenvalue weighted by Crippen LogP contribution is -2.17. The van der Waals surface area contributed by atoms with Crippen molar-refractivity contribution in [3.8, 4) is 0 Å². The topological polar surface area (TPSA) is 36.1 Å². The fraction of sp³-hybridized carbons (Fsp3) is 0.235. The third-order valence-corrected chi connectivity index (χ3v) is 3.72. The van der Waals surface area contributed by atoms with Crippen LogP contribution in [0.4, 0.5) is 0 Å². The minimum atomic E-state index is 0.292. The fourth-order valence-electron chi connectivity index (χ4n) is 2.58. The van der Waals surface area contributed by atoms with Gasteiger partial charge in [-0.25, -0.2) is 0 Å². The van der Waals surface area contributed by atoms with Gasteiger partial charge in [-0.2, -0.15) is 0 Å². The Morgan fingerprint density at radius 3 is 1.90 bits per heavy atom. The Labute approximate surface area is 118 Å². The fourth-order valence-corrected chi connectivity index (χ4v) is 2.58. The first kappa shape index (κ1) is 12.7. The molecule has 0 aliphatic carbocycles. The maximum atomic E-state index is 10.5. The monoisotopic (exact) mass is 266 g/mol. The molecule has 0 radical (unpaired) electrons. The molecule has 1 fully saturated rings. The zero-order chi connectivity index (χ0) is 13.9. The van der Waals surface area contributed by atoms with Crippen LogP contribution in [0.25, 0.3) is 21.8 Å². The first-order chi connectivity index (χ1) is 9.75. The summed E-state index contributed by atoms with van der Waals surface area (Å²) in [5.74, 6) is 0.292. The van der Waals surface area contributed by atoms with Gasteiger partial charge in [-0.1, -0.05) is 36.4 Å². The van der Waals surface area contributed by atoms with E-state index in [4.69, 9.17) is 0 Å². The van der Waals surface area contributed by atoms with Crippen LogP contribution in [-0.4, -0.2) is 29.4 Å². The number of nitrogens with zero attached hydrogens (tertiary/aromatic N) is 1. The molecule has 0 unspecified atom stereocenters. The number of para-hydroxylation sites is 2. The van der Waals surface area contributed by atoms with Gasteiger partial charge < -0.3 is 9.88 Å². The molecule has 2 heterocycles. The highest BCUT2D eigenvalue weighted by Crippen LogP contribution is 2.24. The lowest BCUT2D eigenvalue weighted by Gasteiger charge is -2.03. The van der Waals surface area contributed by atoms with Crippen LogP contribution < -0.4 is 0 Å². The molecule has 1 saturated heterocycles. The lowest BCUT2D eigenvalue weighted by atomic mass is 10.2. The summed E-state index contributed by atoms with van der Waals surface area (Å²) in [6, 6.07) is 16.8. The number of likely N-dealkylation sites (tertiary alicyclic amines) is 1. The Kier molecular flexibility index (Phi) is 3.42. The molecule has 2 aromatic carbocycles. The zero-order valence-corrected chi connectivity index (χ0v) is 11.6. The zero-order valence-electron chi connectivity index (χ0n) is 11.6. The molecule has 1 amide bonds. The molecule has 0 spiro atoms. The number of aromatic amines is 1. The maximum Gasteiger partial charge on any atom is 0.222 e. The number of hydrogen-bond acceptors (Lipinski definition) is 1. The molecule has 4 rings (SSSR count). The molecule has 0 bridgehead atoms. The summed E-state index contributed by atoms with van der Waals surface area (Å²) in [5.41, 5.74) is 2.42. The number of hydrogen-bond donors (Lipinski definition) is 1. The largest absolute Gasteiger partial charge is 0.355 e. The van der Waals surface area contributed by atoms with E-state index in [9.17, 15) is 4.79 Å². The van der Waals surface area contributed by atoms with Crippen LogP contribution in [0.1, 0.15) is 12.8 Å². The molecule has 3 nitrogen and oxygen atoms in total. The summed E-state index contributed by atoms with van der Waals surface area (Å²) in [4.78, 5) is 15.6. The molecule has 1 aliphatic heterocycles. The SMILES string of the molecule is CN1CCCC1=O.c1ccc2c(c1)[nH]c1ccccc12. The highest BCUT2D eigenvalue weighted by atomic mass is 16.2. The molecule has 3 aromatic rings. The summed E-state index contributed by atoms with van der Waals surface area (Å²) in [5, 5.41) is 2.61. The van der Waals surface area contributed by atoms with Gasteiger partial charge in [0.2, 0.25) is 5.91 Å². The molecule has 1 aromatic heterocycles. The molecule has 0 atom stereocenters. The van der Waals surface area contributed by atoms with Crippen molar-refractivity contribution in [3.63, 3.8) is 0 Å². The van der Waals surface area contributed by atoms with Gasteiger partial charge in [0, 0.05) is 41.8 Å². The summed E-state index contributed by atoms with van der Waals surface area (Å²) in [6.07, 6.45) is 1.81. The van der Waals surface area contributed by atoms with E-state index in [1.807, 2.05) is 7.05 Å². The van der Waals surface area contributed by atoms with Crippen LogP contribution in [0.3, 0.4) is 0 Å². The smallest absolute Gasteiger partial charge is 0.222 e. The van der Waals surface area contributed by atoms with Crippen molar-refractivity contribution in [2.24, 2.45) is 0 Å². The Balaban J connectivity index is 0.000000147. The average Bonchev–Trinajstić information content (AvgIpc) is 3.03. The molecule has 1 N–H and O–H groups in total. The van der Waals surface area contributed by atoms with Gasteiger partial charge in [0.1, 0.15) is 0 Å². The van der Waals surface area contributed by atoms with E-state index in [0.29, 0.717) is 5.91 Å². The van der Waals surface area contributed by atoms with Gasteiger partial charge in [0.25, 0.3) is 0 Å². The van der Waals surface area contributed by atoms with E-state index in [1.165, 1.54) is 21.8 Å². The molecule has 1 aliphatic rings. The Hall–Kier alpha value is -2.29. The van der Waals surface area contributed by atoms with Crippen LogP contribution in [0, 0.1) is 0 Å². The summed E-state index contributed by atoms with van der Waals surface area (Å²) in [7, 11) is 1.84. The van der Waals surface area contributed by atoms with E-state index in [2.05, 4.69) is 53.5 Å². The van der Waals surface area contributed by atoms with Gasteiger partial charge in [0.05, 0.1) is 0 Å². The second-order valence-electron chi connectivity index (χ2n) is 5.14. The molecular weight excluding hydrogens is 248 g/mol. The number of H-pyrrole nitrogens is 1. The number of fused-ring (bicyclic) bond motifs is 3. The number of carbonyl (C=O) groups is 1. The van der Waals surface area contributed by atoms with Crippen molar-refractivity contribution in [1.82, 2.24) is 9.88 Å². The summed E-state index contributed by atoms with van der Waals surface area (Å²) >= 11 is 0. The van der Waals surface area contributed by atoms with Crippen molar-refractivity contribution in [3.05, 3.63) is 48.5 Å². The van der Waals surface area contributed by atoms with Gasteiger partial charge in [-0.3, -0.25) is 4.79 Å². The number of benzene rings is 2. The quantitative estimate of drug-likeness (QED) is 0.663. The van der Waals surface area contributed by atoms with Gasteiger partial charge in [-0.15, -0.1) is 0 Å².